The van der Waals surface area contributed by atoms with Gasteiger partial charge in [-0.05, 0) is 57.2 Å². The van der Waals surface area contributed by atoms with E-state index in [1.807, 2.05) is 19.9 Å². The van der Waals surface area contributed by atoms with E-state index >= 15 is 0 Å². The SMILES string of the molecule is C=C(C)[C@@H](CNS(=O)(=O)c1ccc(C)cc1)CC(=O)C1=CCCCC1. The van der Waals surface area contributed by atoms with Gasteiger partial charge in [0.1, 0.15) is 0 Å². The zero-order valence-electron chi connectivity index (χ0n) is 15.0. The molecule has 0 aliphatic heterocycles. The first-order chi connectivity index (χ1) is 11.8. The number of Topliss-reactive ketones (excluding diaryl/α,β-unsaturated/α-hetero) is 1. The largest absolute Gasteiger partial charge is 0.295 e. The third kappa shape index (κ3) is 5.65. The number of benzene rings is 1. The summed E-state index contributed by atoms with van der Waals surface area (Å²) < 4.78 is 27.5. The summed E-state index contributed by atoms with van der Waals surface area (Å²) in [4.78, 5) is 12.7. The molecule has 0 amide bonds. The van der Waals surface area contributed by atoms with Crippen LogP contribution < -0.4 is 4.72 Å². The smallest absolute Gasteiger partial charge is 0.240 e. The van der Waals surface area contributed by atoms with Gasteiger partial charge in [-0.25, -0.2) is 13.1 Å². The normalized spacial score (nSPS) is 16.2. The average molecular weight is 362 g/mol. The van der Waals surface area contributed by atoms with Crippen molar-refractivity contribution in [3.8, 4) is 0 Å². The van der Waals surface area contributed by atoms with Crippen molar-refractivity contribution in [3.63, 3.8) is 0 Å². The lowest BCUT2D eigenvalue weighted by Gasteiger charge is -2.19. The molecule has 1 N–H and O–H groups in total. The second kappa shape index (κ2) is 8.59. The molecule has 2 rings (SSSR count). The van der Waals surface area contributed by atoms with E-state index in [9.17, 15) is 13.2 Å². The van der Waals surface area contributed by atoms with Crippen LogP contribution in [-0.2, 0) is 14.8 Å². The van der Waals surface area contributed by atoms with Crippen LogP contribution in [-0.4, -0.2) is 20.7 Å². The summed E-state index contributed by atoms with van der Waals surface area (Å²) in [7, 11) is -3.58. The molecule has 136 valence electrons. The van der Waals surface area contributed by atoms with Crippen LogP contribution in [0.2, 0.25) is 0 Å². The number of ketones is 1. The Bertz CT molecular complexity index is 761. The number of hydrogen-bond donors (Lipinski definition) is 1. The van der Waals surface area contributed by atoms with Gasteiger partial charge in [-0.2, -0.15) is 0 Å². The molecule has 0 unspecified atom stereocenters. The molecule has 0 fully saturated rings. The molecule has 0 saturated heterocycles. The van der Waals surface area contributed by atoms with E-state index < -0.39 is 10.0 Å². The van der Waals surface area contributed by atoms with Gasteiger partial charge in [0.2, 0.25) is 10.0 Å². The number of hydrogen-bond acceptors (Lipinski definition) is 3. The van der Waals surface area contributed by atoms with Crippen molar-refractivity contribution in [2.24, 2.45) is 5.92 Å². The standard InChI is InChI=1S/C20H27NO3S/c1-15(2)18(13-20(22)17-7-5-4-6-8-17)14-21-25(23,24)19-11-9-16(3)10-12-19/h7,9-12,18,21H,1,4-6,8,13-14H2,2-3H3/t18-/m1/s1. The molecule has 0 aromatic heterocycles. The minimum Gasteiger partial charge on any atom is -0.295 e. The van der Waals surface area contributed by atoms with E-state index in [4.69, 9.17) is 0 Å². The highest BCUT2D eigenvalue weighted by Gasteiger charge is 2.21. The van der Waals surface area contributed by atoms with Crippen LogP contribution >= 0.6 is 0 Å². The summed E-state index contributed by atoms with van der Waals surface area (Å²) in [5.41, 5.74) is 2.71. The number of carbonyl (C=O) groups is 1. The van der Waals surface area contributed by atoms with Crippen molar-refractivity contribution in [1.82, 2.24) is 4.72 Å². The minimum absolute atomic E-state index is 0.113. The maximum absolute atomic E-state index is 12.5. The molecule has 0 radical (unpaired) electrons. The predicted molar refractivity (Wildman–Crippen MR) is 101 cm³/mol. The summed E-state index contributed by atoms with van der Waals surface area (Å²) in [6.45, 7) is 7.87. The topological polar surface area (TPSA) is 63.2 Å². The van der Waals surface area contributed by atoms with Gasteiger partial charge in [-0.3, -0.25) is 4.79 Å². The third-order valence-electron chi connectivity index (χ3n) is 4.63. The molecule has 25 heavy (non-hydrogen) atoms. The average Bonchev–Trinajstić information content (AvgIpc) is 2.59. The van der Waals surface area contributed by atoms with Gasteiger partial charge in [0.25, 0.3) is 0 Å². The Morgan fingerprint density at radius 3 is 2.48 bits per heavy atom. The van der Waals surface area contributed by atoms with Crippen LogP contribution in [0.25, 0.3) is 0 Å². The molecule has 5 heteroatoms. The highest BCUT2D eigenvalue weighted by molar-refractivity contribution is 7.89. The molecule has 1 aliphatic rings. The van der Waals surface area contributed by atoms with Crippen molar-refractivity contribution in [3.05, 3.63) is 53.6 Å². The second-order valence-corrected chi connectivity index (χ2v) is 8.58. The van der Waals surface area contributed by atoms with Gasteiger partial charge in [0, 0.05) is 18.9 Å². The van der Waals surface area contributed by atoms with E-state index in [1.165, 1.54) is 0 Å². The Kier molecular flexibility index (Phi) is 6.73. The van der Waals surface area contributed by atoms with E-state index in [0.717, 1.165) is 42.4 Å². The first-order valence-corrected chi connectivity index (χ1v) is 10.2. The van der Waals surface area contributed by atoms with Gasteiger partial charge < -0.3 is 0 Å². The molecule has 0 spiro atoms. The van der Waals surface area contributed by atoms with Gasteiger partial charge >= 0.3 is 0 Å². The van der Waals surface area contributed by atoms with Crippen LogP contribution in [0.4, 0.5) is 0 Å². The van der Waals surface area contributed by atoms with Crippen LogP contribution in [0.1, 0.15) is 44.6 Å². The number of sulfonamides is 1. The fraction of sp³-hybridized carbons (Fsp3) is 0.450. The lowest BCUT2D eigenvalue weighted by molar-refractivity contribution is -0.116. The Balaban J connectivity index is 2.01. The fourth-order valence-corrected chi connectivity index (χ4v) is 3.96. The minimum atomic E-state index is -3.58. The predicted octanol–water partition coefficient (Wildman–Crippen LogP) is 3.93. The zero-order valence-corrected chi connectivity index (χ0v) is 15.9. The molecule has 1 atom stereocenters. The molecule has 1 aromatic rings. The van der Waals surface area contributed by atoms with E-state index in [1.54, 1.807) is 24.3 Å². The van der Waals surface area contributed by atoms with Crippen molar-refractivity contribution in [2.45, 2.75) is 50.8 Å². The molecule has 4 nitrogen and oxygen atoms in total. The fourth-order valence-electron chi connectivity index (χ4n) is 2.88. The quantitative estimate of drug-likeness (QED) is 0.714. The molecule has 1 aliphatic carbocycles. The van der Waals surface area contributed by atoms with Crippen molar-refractivity contribution >= 4 is 15.8 Å². The molecule has 1 aromatic carbocycles. The number of rotatable bonds is 8. The number of carbonyl (C=O) groups excluding carboxylic acids is 1. The molecular formula is C20H27NO3S. The third-order valence-corrected chi connectivity index (χ3v) is 6.07. The maximum atomic E-state index is 12.5. The maximum Gasteiger partial charge on any atom is 0.240 e. The van der Waals surface area contributed by atoms with Crippen LogP contribution in [0.15, 0.2) is 53.0 Å². The number of aryl methyl sites for hydroxylation is 1. The Labute approximate surface area is 151 Å². The van der Waals surface area contributed by atoms with Crippen LogP contribution in [0, 0.1) is 12.8 Å². The first kappa shape index (κ1) is 19.6. The summed E-state index contributed by atoms with van der Waals surface area (Å²) in [5.74, 6) is -0.0854. The molecule has 0 saturated carbocycles. The van der Waals surface area contributed by atoms with Crippen molar-refractivity contribution in [1.29, 1.82) is 0 Å². The van der Waals surface area contributed by atoms with Crippen molar-refractivity contribution in [2.75, 3.05) is 6.54 Å². The zero-order chi connectivity index (χ0) is 18.4. The summed E-state index contributed by atoms with van der Waals surface area (Å²) in [6.07, 6.45) is 6.30. The second-order valence-electron chi connectivity index (χ2n) is 6.81. The lowest BCUT2D eigenvalue weighted by atomic mass is 9.89. The Morgan fingerprint density at radius 2 is 1.92 bits per heavy atom. The van der Waals surface area contributed by atoms with Gasteiger partial charge in [-0.1, -0.05) is 35.9 Å². The molecule has 0 heterocycles. The lowest BCUT2D eigenvalue weighted by Crippen LogP contribution is -2.31. The van der Waals surface area contributed by atoms with Crippen LogP contribution in [0.5, 0.6) is 0 Å². The van der Waals surface area contributed by atoms with Gasteiger partial charge in [0.15, 0.2) is 5.78 Å². The van der Waals surface area contributed by atoms with E-state index in [2.05, 4.69) is 11.3 Å². The van der Waals surface area contributed by atoms with E-state index in [0.29, 0.717) is 6.42 Å². The summed E-state index contributed by atoms with van der Waals surface area (Å²) in [6, 6.07) is 6.71. The highest BCUT2D eigenvalue weighted by atomic mass is 32.2. The van der Waals surface area contributed by atoms with Crippen LogP contribution in [0.3, 0.4) is 0 Å². The number of nitrogens with one attached hydrogen (secondary N) is 1. The monoisotopic (exact) mass is 361 g/mol. The molecular weight excluding hydrogens is 334 g/mol. The summed E-state index contributed by atoms with van der Waals surface area (Å²) >= 11 is 0. The van der Waals surface area contributed by atoms with Crippen molar-refractivity contribution < 1.29 is 13.2 Å². The number of allylic oxidation sites excluding steroid dienone is 2. The Morgan fingerprint density at radius 1 is 1.24 bits per heavy atom. The Hall–Kier alpha value is -1.72. The molecule has 0 bridgehead atoms. The first-order valence-electron chi connectivity index (χ1n) is 8.73. The summed E-state index contributed by atoms with van der Waals surface area (Å²) in [5, 5.41) is 0. The van der Waals surface area contributed by atoms with Gasteiger partial charge in [-0.15, -0.1) is 0 Å². The van der Waals surface area contributed by atoms with E-state index in [-0.39, 0.29) is 23.1 Å². The van der Waals surface area contributed by atoms with Gasteiger partial charge in [0.05, 0.1) is 4.90 Å². The highest BCUT2D eigenvalue weighted by Crippen LogP contribution is 2.23.